The van der Waals surface area contributed by atoms with Crippen molar-refractivity contribution < 1.29 is 13.3 Å². The lowest BCUT2D eigenvalue weighted by Crippen LogP contribution is -1.92. The van der Waals surface area contributed by atoms with Crippen molar-refractivity contribution in [3.8, 4) is 0 Å². The Balaban J connectivity index is 3.15. The molecule has 1 unspecified atom stereocenters. The molecule has 2 nitrogen and oxygen atoms in total. The molecule has 0 aliphatic rings. The average molecular weight is 238 g/mol. The highest BCUT2D eigenvalue weighted by Crippen LogP contribution is 2.47. The molecule has 0 heterocycles. The molecule has 0 N–H and O–H groups in total. The van der Waals surface area contributed by atoms with E-state index in [1.165, 1.54) is 32.1 Å². The molecule has 0 saturated carbocycles. The highest BCUT2D eigenvalue weighted by molar-refractivity contribution is 7.53. The number of hydrogen-bond acceptors (Lipinski definition) is 2. The minimum atomic E-state index is -3.74. The van der Waals surface area contributed by atoms with E-state index < -0.39 is 7.68 Å². The van der Waals surface area contributed by atoms with Crippen LogP contribution in [0.15, 0.2) is 0 Å². The lowest BCUT2D eigenvalue weighted by molar-refractivity contribution is 0.278. The molecule has 0 aliphatic carbocycles. The third-order valence-electron chi connectivity index (χ3n) is 2.41. The maximum absolute atomic E-state index is 12.8. The first-order valence-corrected chi connectivity index (χ1v) is 7.75. The predicted molar refractivity (Wildman–Crippen MR) is 63.2 cm³/mol. The average Bonchev–Trinajstić information content (AvgIpc) is 2.22. The van der Waals surface area contributed by atoms with Crippen molar-refractivity contribution in [2.24, 2.45) is 0 Å². The van der Waals surface area contributed by atoms with E-state index in [4.69, 9.17) is 4.52 Å². The van der Waals surface area contributed by atoms with Crippen molar-refractivity contribution in [1.29, 1.82) is 0 Å². The predicted octanol–water partition coefficient (Wildman–Crippen LogP) is 4.94. The summed E-state index contributed by atoms with van der Waals surface area (Å²) in [6, 6.07) is 0. The SMILES string of the molecule is CCCCCCCCCOP(=O)(F)CC. The van der Waals surface area contributed by atoms with E-state index in [1.54, 1.807) is 6.92 Å². The van der Waals surface area contributed by atoms with Crippen molar-refractivity contribution in [3.05, 3.63) is 0 Å². The van der Waals surface area contributed by atoms with Crippen LogP contribution >= 0.6 is 7.68 Å². The molecule has 0 spiro atoms. The molecule has 0 aromatic carbocycles. The lowest BCUT2D eigenvalue weighted by atomic mass is 10.1. The van der Waals surface area contributed by atoms with Gasteiger partial charge in [-0.15, -0.1) is 0 Å². The van der Waals surface area contributed by atoms with Gasteiger partial charge in [0, 0.05) is 0 Å². The van der Waals surface area contributed by atoms with Crippen LogP contribution in [0.2, 0.25) is 0 Å². The Labute approximate surface area is 93.2 Å². The van der Waals surface area contributed by atoms with Gasteiger partial charge in [-0.2, -0.15) is 4.20 Å². The van der Waals surface area contributed by atoms with Crippen LogP contribution in [0.4, 0.5) is 4.20 Å². The molecule has 1 atom stereocenters. The zero-order chi connectivity index (χ0) is 11.6. The van der Waals surface area contributed by atoms with Crippen LogP contribution < -0.4 is 0 Å². The fourth-order valence-corrected chi connectivity index (χ4v) is 1.94. The number of unbranched alkanes of at least 4 members (excludes halogenated alkanes) is 6. The van der Waals surface area contributed by atoms with Gasteiger partial charge in [-0.3, -0.25) is 4.57 Å². The highest BCUT2D eigenvalue weighted by Gasteiger charge is 2.17. The molecular weight excluding hydrogens is 214 g/mol. The van der Waals surface area contributed by atoms with E-state index in [0.717, 1.165) is 12.8 Å². The molecule has 0 aromatic heterocycles. The number of rotatable bonds is 10. The molecular formula is C11H24FO2P. The largest absolute Gasteiger partial charge is 0.367 e. The Hall–Kier alpha value is 0.120. The third-order valence-corrected chi connectivity index (χ3v) is 3.73. The second-order valence-corrected chi connectivity index (χ2v) is 5.93. The smallest absolute Gasteiger partial charge is 0.306 e. The maximum atomic E-state index is 12.8. The maximum Gasteiger partial charge on any atom is 0.367 e. The fourth-order valence-electron chi connectivity index (χ4n) is 1.35. The fraction of sp³-hybridized carbons (Fsp3) is 1.00. The van der Waals surface area contributed by atoms with Gasteiger partial charge in [0.2, 0.25) is 0 Å². The Morgan fingerprint density at radius 1 is 1.00 bits per heavy atom. The Kier molecular flexibility index (Phi) is 9.43. The second kappa shape index (κ2) is 9.35. The van der Waals surface area contributed by atoms with E-state index in [-0.39, 0.29) is 6.16 Å². The van der Waals surface area contributed by atoms with Crippen LogP contribution in [0.3, 0.4) is 0 Å². The van der Waals surface area contributed by atoms with Gasteiger partial charge in [0.05, 0.1) is 12.8 Å². The molecule has 0 rings (SSSR count). The summed E-state index contributed by atoms with van der Waals surface area (Å²) in [5, 5.41) is 0. The summed E-state index contributed by atoms with van der Waals surface area (Å²) in [4.78, 5) is 0. The van der Waals surface area contributed by atoms with E-state index >= 15 is 0 Å². The van der Waals surface area contributed by atoms with Gasteiger partial charge >= 0.3 is 7.68 Å². The standard InChI is InChI=1S/C11H24FO2P/c1-3-5-6-7-8-9-10-11-14-15(12,13)4-2/h3-11H2,1-2H3. The summed E-state index contributed by atoms with van der Waals surface area (Å²) in [5.41, 5.74) is 0. The Morgan fingerprint density at radius 3 is 2.07 bits per heavy atom. The molecule has 0 bridgehead atoms. The first kappa shape index (κ1) is 15.1. The Morgan fingerprint density at radius 2 is 1.53 bits per heavy atom. The van der Waals surface area contributed by atoms with Crippen molar-refractivity contribution in [1.82, 2.24) is 0 Å². The molecule has 92 valence electrons. The summed E-state index contributed by atoms with van der Waals surface area (Å²) < 4.78 is 28.4. The summed E-state index contributed by atoms with van der Waals surface area (Å²) in [5.74, 6) is 0. The number of hydrogen-bond donors (Lipinski definition) is 0. The van der Waals surface area contributed by atoms with Crippen LogP contribution in [0.1, 0.15) is 58.8 Å². The van der Waals surface area contributed by atoms with Crippen LogP contribution in [0.25, 0.3) is 0 Å². The topological polar surface area (TPSA) is 26.3 Å². The van der Waals surface area contributed by atoms with Crippen LogP contribution in [0.5, 0.6) is 0 Å². The minimum absolute atomic E-state index is 0.0104. The van der Waals surface area contributed by atoms with Gasteiger partial charge in [0.25, 0.3) is 0 Å². The monoisotopic (exact) mass is 238 g/mol. The van der Waals surface area contributed by atoms with Crippen molar-refractivity contribution >= 4 is 7.68 Å². The van der Waals surface area contributed by atoms with Crippen molar-refractivity contribution in [2.75, 3.05) is 12.8 Å². The zero-order valence-electron chi connectivity index (χ0n) is 10.0. The van der Waals surface area contributed by atoms with Gasteiger partial charge in [-0.25, -0.2) is 0 Å². The van der Waals surface area contributed by atoms with Crippen LogP contribution in [0, 0.1) is 0 Å². The van der Waals surface area contributed by atoms with Crippen LogP contribution in [-0.2, 0) is 9.09 Å². The molecule has 0 aliphatic heterocycles. The molecule has 0 aromatic rings. The van der Waals surface area contributed by atoms with Gasteiger partial charge in [0.15, 0.2) is 0 Å². The first-order chi connectivity index (χ1) is 7.12. The number of halogens is 1. The summed E-state index contributed by atoms with van der Waals surface area (Å²) >= 11 is 0. The molecule has 15 heavy (non-hydrogen) atoms. The van der Waals surface area contributed by atoms with Gasteiger partial charge in [0.1, 0.15) is 0 Å². The summed E-state index contributed by atoms with van der Waals surface area (Å²) in [7, 11) is -3.74. The van der Waals surface area contributed by atoms with E-state index in [2.05, 4.69) is 6.92 Å². The molecule has 0 fully saturated rings. The van der Waals surface area contributed by atoms with E-state index in [1.807, 2.05) is 0 Å². The molecule has 0 amide bonds. The quantitative estimate of drug-likeness (QED) is 0.398. The van der Waals surface area contributed by atoms with Gasteiger partial charge in [-0.05, 0) is 6.42 Å². The van der Waals surface area contributed by atoms with Crippen molar-refractivity contribution in [3.63, 3.8) is 0 Å². The molecule has 0 radical (unpaired) electrons. The van der Waals surface area contributed by atoms with Gasteiger partial charge < -0.3 is 4.52 Å². The highest BCUT2D eigenvalue weighted by atomic mass is 31.2. The minimum Gasteiger partial charge on any atom is -0.306 e. The lowest BCUT2D eigenvalue weighted by Gasteiger charge is -2.07. The summed E-state index contributed by atoms with van der Waals surface area (Å²) in [6.45, 7) is 4.04. The molecule has 0 saturated heterocycles. The van der Waals surface area contributed by atoms with Crippen molar-refractivity contribution in [2.45, 2.75) is 58.8 Å². The van der Waals surface area contributed by atoms with E-state index in [0.29, 0.717) is 6.61 Å². The zero-order valence-corrected chi connectivity index (χ0v) is 10.9. The molecule has 4 heteroatoms. The Bertz CT molecular complexity index is 185. The third kappa shape index (κ3) is 10.4. The van der Waals surface area contributed by atoms with E-state index in [9.17, 15) is 8.76 Å². The first-order valence-electron chi connectivity index (χ1n) is 6.05. The van der Waals surface area contributed by atoms with Gasteiger partial charge in [-0.1, -0.05) is 52.4 Å². The summed E-state index contributed by atoms with van der Waals surface area (Å²) in [6.07, 6.45) is 8.11. The normalized spacial score (nSPS) is 15.1. The second-order valence-electron chi connectivity index (χ2n) is 3.86. The van der Waals surface area contributed by atoms with Crippen LogP contribution in [-0.4, -0.2) is 12.8 Å².